The molecule has 1 aromatic carbocycles. The monoisotopic (exact) mass is 416 g/mol. The lowest BCUT2D eigenvalue weighted by atomic mass is 10.2. The molecule has 146 valence electrons. The lowest BCUT2D eigenvalue weighted by Crippen LogP contribution is -2.22. The number of aromatic nitrogens is 2. The molecule has 1 fully saturated rings. The quantitative estimate of drug-likeness (QED) is 0.630. The molecule has 8 heteroatoms. The third-order valence-corrected chi connectivity index (χ3v) is 6.27. The van der Waals surface area contributed by atoms with Crippen molar-refractivity contribution >= 4 is 44.9 Å². The van der Waals surface area contributed by atoms with Crippen LogP contribution in [0.25, 0.3) is 10.2 Å². The van der Waals surface area contributed by atoms with Crippen molar-refractivity contribution < 1.29 is 9.53 Å². The van der Waals surface area contributed by atoms with Crippen molar-refractivity contribution in [1.82, 2.24) is 15.3 Å². The van der Waals surface area contributed by atoms with Crippen LogP contribution in [0.3, 0.4) is 0 Å². The number of benzene rings is 1. The van der Waals surface area contributed by atoms with Crippen molar-refractivity contribution in [2.24, 2.45) is 0 Å². The van der Waals surface area contributed by atoms with Crippen molar-refractivity contribution in [3.05, 3.63) is 51.6 Å². The molecule has 2 N–H and O–H groups in total. The van der Waals surface area contributed by atoms with Gasteiger partial charge in [-0.3, -0.25) is 4.79 Å². The van der Waals surface area contributed by atoms with E-state index < -0.39 is 0 Å². The van der Waals surface area contributed by atoms with Crippen LogP contribution in [0.1, 0.15) is 33.6 Å². The van der Waals surface area contributed by atoms with Gasteiger partial charge in [0.05, 0.1) is 16.4 Å². The summed E-state index contributed by atoms with van der Waals surface area (Å²) >= 11 is 7.29. The van der Waals surface area contributed by atoms with Gasteiger partial charge in [0.15, 0.2) is 0 Å². The van der Waals surface area contributed by atoms with E-state index in [-0.39, 0.29) is 12.0 Å². The molecular weight excluding hydrogens is 396 g/mol. The predicted molar refractivity (Wildman–Crippen MR) is 112 cm³/mol. The van der Waals surface area contributed by atoms with E-state index in [9.17, 15) is 4.79 Å². The summed E-state index contributed by atoms with van der Waals surface area (Å²) < 4.78 is 5.67. The summed E-state index contributed by atoms with van der Waals surface area (Å²) in [6.07, 6.45) is 3.90. The minimum Gasteiger partial charge on any atom is -0.376 e. The minimum atomic E-state index is -0.111. The Balaban J connectivity index is 1.50. The van der Waals surface area contributed by atoms with Gasteiger partial charge in [-0.15, -0.1) is 11.3 Å². The van der Waals surface area contributed by atoms with Gasteiger partial charge < -0.3 is 15.4 Å². The van der Waals surface area contributed by atoms with Gasteiger partial charge >= 0.3 is 0 Å². The van der Waals surface area contributed by atoms with Gasteiger partial charge in [0.1, 0.15) is 17.0 Å². The van der Waals surface area contributed by atoms with Gasteiger partial charge in [-0.25, -0.2) is 9.97 Å². The van der Waals surface area contributed by atoms with Crippen molar-refractivity contribution in [2.75, 3.05) is 18.5 Å². The Hall–Kier alpha value is -2.22. The van der Waals surface area contributed by atoms with Crippen molar-refractivity contribution in [2.45, 2.75) is 32.4 Å². The molecule has 6 nitrogen and oxygen atoms in total. The maximum Gasteiger partial charge on any atom is 0.261 e. The summed E-state index contributed by atoms with van der Waals surface area (Å²) in [6.45, 7) is 3.91. The number of aryl methyl sites for hydroxylation is 1. The number of halogens is 1. The number of rotatable bonds is 6. The molecule has 1 aliphatic heterocycles. The van der Waals surface area contributed by atoms with Crippen molar-refractivity contribution in [3.8, 4) is 0 Å². The Morgan fingerprint density at radius 1 is 1.32 bits per heavy atom. The van der Waals surface area contributed by atoms with Gasteiger partial charge in [0.2, 0.25) is 0 Å². The van der Waals surface area contributed by atoms with E-state index in [1.165, 1.54) is 17.7 Å². The van der Waals surface area contributed by atoms with Gasteiger partial charge in [-0.05, 0) is 43.0 Å². The largest absolute Gasteiger partial charge is 0.376 e. The van der Waals surface area contributed by atoms with E-state index in [1.807, 2.05) is 31.2 Å². The molecule has 2 aromatic heterocycles. The average Bonchev–Trinajstić information content (AvgIpc) is 3.34. The molecule has 0 spiro atoms. The highest BCUT2D eigenvalue weighted by Crippen LogP contribution is 2.33. The van der Waals surface area contributed by atoms with E-state index in [1.54, 1.807) is 0 Å². The van der Waals surface area contributed by atoms with Crippen molar-refractivity contribution in [1.29, 1.82) is 0 Å². The molecule has 1 amide bonds. The molecule has 1 atom stereocenters. The maximum atomic E-state index is 12.7. The first kappa shape index (κ1) is 19.1. The van der Waals surface area contributed by atoms with Gasteiger partial charge in [0.25, 0.3) is 5.91 Å². The molecule has 0 radical (unpaired) electrons. The number of hydrogen-bond donors (Lipinski definition) is 2. The normalized spacial score (nSPS) is 16.4. The van der Waals surface area contributed by atoms with Crippen LogP contribution >= 0.6 is 22.9 Å². The fourth-order valence-electron chi connectivity index (χ4n) is 3.30. The number of thiophene rings is 1. The highest BCUT2D eigenvalue weighted by Gasteiger charge is 2.20. The second-order valence-electron chi connectivity index (χ2n) is 6.78. The van der Waals surface area contributed by atoms with Gasteiger partial charge in [-0.2, -0.15) is 0 Å². The molecule has 0 bridgehead atoms. The number of amides is 1. The van der Waals surface area contributed by atoms with Crippen LogP contribution in [-0.4, -0.2) is 35.1 Å². The Kier molecular flexibility index (Phi) is 5.75. The van der Waals surface area contributed by atoms with Crippen molar-refractivity contribution in [3.63, 3.8) is 0 Å². The molecule has 0 saturated carbocycles. The standard InChI is InChI=1S/C20H21ClN4O2S/c1-12-16-18(22-10-15-3-2-8-27-15)24-11-25-20(16)28-17(12)19(26)23-9-13-4-6-14(21)7-5-13/h4-7,11,15H,2-3,8-10H2,1H3,(H,23,26)(H,22,24,25)/t15-/m1/s1. The third kappa shape index (κ3) is 4.11. The van der Waals surface area contributed by atoms with Crippen LogP contribution in [-0.2, 0) is 11.3 Å². The highest BCUT2D eigenvalue weighted by atomic mass is 35.5. The van der Waals surface area contributed by atoms with E-state index in [0.717, 1.165) is 46.6 Å². The zero-order valence-electron chi connectivity index (χ0n) is 15.5. The summed E-state index contributed by atoms with van der Waals surface area (Å²) in [7, 11) is 0. The Morgan fingerprint density at radius 2 is 2.14 bits per heavy atom. The molecule has 1 aliphatic rings. The number of anilines is 1. The minimum absolute atomic E-state index is 0.111. The van der Waals surface area contributed by atoms with Crippen LogP contribution < -0.4 is 10.6 Å². The molecule has 0 aliphatic carbocycles. The smallest absolute Gasteiger partial charge is 0.261 e. The molecule has 1 saturated heterocycles. The summed E-state index contributed by atoms with van der Waals surface area (Å²) in [6, 6.07) is 7.43. The summed E-state index contributed by atoms with van der Waals surface area (Å²) in [5, 5.41) is 7.93. The topological polar surface area (TPSA) is 76.1 Å². The first-order valence-corrected chi connectivity index (χ1v) is 10.4. The number of fused-ring (bicyclic) bond motifs is 1. The van der Waals surface area contributed by atoms with E-state index in [4.69, 9.17) is 16.3 Å². The highest BCUT2D eigenvalue weighted by molar-refractivity contribution is 7.20. The van der Waals surface area contributed by atoms with Crippen LogP contribution in [0.2, 0.25) is 5.02 Å². The van der Waals surface area contributed by atoms with Gasteiger partial charge in [-0.1, -0.05) is 23.7 Å². The van der Waals surface area contributed by atoms with E-state index in [2.05, 4.69) is 20.6 Å². The molecule has 3 aromatic rings. The SMILES string of the molecule is Cc1c(C(=O)NCc2ccc(Cl)cc2)sc2ncnc(NC[C@H]3CCCO3)c12. The Morgan fingerprint density at radius 3 is 2.89 bits per heavy atom. The number of nitrogens with zero attached hydrogens (tertiary/aromatic N) is 2. The summed E-state index contributed by atoms with van der Waals surface area (Å²) in [5.74, 6) is 0.645. The lowest BCUT2D eigenvalue weighted by molar-refractivity contribution is 0.0954. The van der Waals surface area contributed by atoms with Crippen LogP contribution in [0, 0.1) is 6.92 Å². The number of hydrogen-bond acceptors (Lipinski definition) is 6. The fraction of sp³-hybridized carbons (Fsp3) is 0.350. The zero-order chi connectivity index (χ0) is 19.5. The molecule has 0 unspecified atom stereocenters. The summed E-state index contributed by atoms with van der Waals surface area (Å²) in [4.78, 5) is 22.9. The number of nitrogens with one attached hydrogen (secondary N) is 2. The molecule has 28 heavy (non-hydrogen) atoms. The number of carbonyl (C=O) groups excluding carboxylic acids is 1. The van der Waals surface area contributed by atoms with Crippen LogP contribution in [0.5, 0.6) is 0 Å². The summed E-state index contributed by atoms with van der Waals surface area (Å²) in [5.41, 5.74) is 1.89. The van der Waals surface area contributed by atoms with Crippen LogP contribution in [0.4, 0.5) is 5.82 Å². The zero-order valence-corrected chi connectivity index (χ0v) is 17.1. The van der Waals surface area contributed by atoms with E-state index in [0.29, 0.717) is 23.0 Å². The predicted octanol–water partition coefficient (Wildman–Crippen LogP) is 4.17. The third-order valence-electron chi connectivity index (χ3n) is 4.82. The van der Waals surface area contributed by atoms with Crippen LogP contribution in [0.15, 0.2) is 30.6 Å². The molecular formula is C20H21ClN4O2S. The second kappa shape index (κ2) is 8.43. The maximum absolute atomic E-state index is 12.7. The Bertz CT molecular complexity index is 984. The number of ether oxygens (including phenoxy) is 1. The number of carbonyl (C=O) groups is 1. The second-order valence-corrected chi connectivity index (χ2v) is 8.22. The molecule has 3 heterocycles. The Labute approximate surface area is 172 Å². The lowest BCUT2D eigenvalue weighted by Gasteiger charge is -2.12. The first-order valence-electron chi connectivity index (χ1n) is 9.24. The average molecular weight is 417 g/mol. The molecule has 4 rings (SSSR count). The fourth-order valence-corrected chi connectivity index (χ4v) is 4.49. The van der Waals surface area contributed by atoms with E-state index >= 15 is 0 Å². The van der Waals surface area contributed by atoms with Gasteiger partial charge in [0, 0.05) is 24.7 Å². The first-order chi connectivity index (χ1) is 13.6.